The molecule has 0 aliphatic heterocycles. The minimum atomic E-state index is 0.476. The van der Waals surface area contributed by atoms with Crippen molar-refractivity contribution in [3.63, 3.8) is 0 Å². The van der Waals surface area contributed by atoms with Gasteiger partial charge >= 0.3 is 0 Å². The summed E-state index contributed by atoms with van der Waals surface area (Å²) in [4.78, 5) is 0. The van der Waals surface area contributed by atoms with Gasteiger partial charge in [0.05, 0.1) is 0 Å². The van der Waals surface area contributed by atoms with Crippen LogP contribution in [0.15, 0.2) is 24.3 Å². The molecule has 10 heavy (non-hydrogen) atoms. The predicted molar refractivity (Wildman–Crippen MR) is 43.3 cm³/mol. The zero-order valence-electron chi connectivity index (χ0n) is 5.67. The van der Waals surface area contributed by atoms with Crippen molar-refractivity contribution in [1.29, 1.82) is 5.26 Å². The molecular formula is C8H7BN. The molecule has 0 N–H and O–H groups in total. The molecule has 0 atom stereocenters. The average molecular weight is 128 g/mol. The van der Waals surface area contributed by atoms with Crippen molar-refractivity contribution in [2.24, 2.45) is 0 Å². The molecule has 0 aliphatic rings. The molecule has 2 heteroatoms. The molecule has 0 fully saturated rings. The number of hydrogen-bond donors (Lipinski definition) is 0. The number of rotatable bonds is 1. The number of nitrogens with zero attached hydrogens (tertiary/aromatic N) is 1. The highest BCUT2D eigenvalue weighted by Gasteiger charge is 1.92. The molecule has 0 bridgehead atoms. The Bertz CT molecular complexity index is 262. The van der Waals surface area contributed by atoms with E-state index in [-0.39, 0.29) is 0 Å². The van der Waals surface area contributed by atoms with Crippen molar-refractivity contribution in [3.8, 4) is 5.97 Å². The number of hydrogen-bond acceptors (Lipinski definition) is 1. The molecule has 0 spiro atoms. The van der Waals surface area contributed by atoms with E-state index in [1.807, 2.05) is 24.3 Å². The van der Waals surface area contributed by atoms with Crippen LogP contribution in [0.3, 0.4) is 0 Å². The van der Waals surface area contributed by atoms with Crippen molar-refractivity contribution in [2.75, 3.05) is 0 Å². The van der Waals surface area contributed by atoms with Gasteiger partial charge in [-0.25, -0.2) is 5.26 Å². The summed E-state index contributed by atoms with van der Waals surface area (Å²) in [5.41, 5.74) is 2.00. The molecule has 1 rings (SSSR count). The first-order valence-electron chi connectivity index (χ1n) is 3.11. The number of benzene rings is 1. The SMILES string of the molecule is [CH2]c1cccc(BC#N)c1. The molecule has 0 heterocycles. The van der Waals surface area contributed by atoms with E-state index >= 15 is 0 Å². The molecule has 0 aromatic heterocycles. The van der Waals surface area contributed by atoms with E-state index in [0.29, 0.717) is 7.28 Å². The maximum atomic E-state index is 8.34. The fourth-order valence-corrected chi connectivity index (χ4v) is 0.831. The predicted octanol–water partition coefficient (Wildman–Crippen LogP) is 0.412. The molecule has 0 unspecified atom stereocenters. The lowest BCUT2D eigenvalue weighted by atomic mass is 9.72. The minimum Gasteiger partial charge on any atom is -0.213 e. The van der Waals surface area contributed by atoms with Gasteiger partial charge in [0.15, 0.2) is 0 Å². The van der Waals surface area contributed by atoms with Gasteiger partial charge in [0.1, 0.15) is 0 Å². The summed E-state index contributed by atoms with van der Waals surface area (Å²) in [7, 11) is 0.476. The molecule has 1 aromatic rings. The van der Waals surface area contributed by atoms with Gasteiger partial charge in [-0.05, 0) is 12.5 Å². The van der Waals surface area contributed by atoms with Gasteiger partial charge in [-0.3, -0.25) is 0 Å². The molecular weight excluding hydrogens is 121 g/mol. The number of nitriles is 1. The molecule has 0 amide bonds. The third-order valence-corrected chi connectivity index (χ3v) is 1.27. The Kier molecular flexibility index (Phi) is 2.12. The van der Waals surface area contributed by atoms with Crippen LogP contribution < -0.4 is 5.46 Å². The summed E-state index contributed by atoms with van der Waals surface area (Å²) in [6.45, 7) is 3.75. The van der Waals surface area contributed by atoms with Crippen molar-refractivity contribution in [1.82, 2.24) is 0 Å². The lowest BCUT2D eigenvalue weighted by Crippen LogP contribution is -2.11. The van der Waals surface area contributed by atoms with Crippen molar-refractivity contribution in [2.45, 2.75) is 0 Å². The van der Waals surface area contributed by atoms with Gasteiger partial charge in [0.25, 0.3) is 7.28 Å². The summed E-state index contributed by atoms with van der Waals surface area (Å²) in [5.74, 6) is 2.08. The van der Waals surface area contributed by atoms with Gasteiger partial charge in [-0.1, -0.05) is 29.7 Å². The fraction of sp³-hybridized carbons (Fsp3) is 0. The summed E-state index contributed by atoms with van der Waals surface area (Å²) in [6, 6.07) is 7.68. The van der Waals surface area contributed by atoms with Crippen LogP contribution in [0, 0.1) is 18.2 Å². The Labute approximate surface area is 61.5 Å². The average Bonchev–Trinajstić information content (AvgIpc) is 1.88. The van der Waals surface area contributed by atoms with Gasteiger partial charge in [-0.2, -0.15) is 0 Å². The van der Waals surface area contributed by atoms with Crippen LogP contribution in [0.4, 0.5) is 0 Å². The highest BCUT2D eigenvalue weighted by Crippen LogP contribution is 1.91. The van der Waals surface area contributed by atoms with E-state index in [1.165, 1.54) is 0 Å². The zero-order valence-corrected chi connectivity index (χ0v) is 5.67. The van der Waals surface area contributed by atoms with Gasteiger partial charge < -0.3 is 0 Å². The third kappa shape index (κ3) is 1.63. The second kappa shape index (κ2) is 3.07. The quantitative estimate of drug-likeness (QED) is 0.502. The lowest BCUT2D eigenvalue weighted by molar-refractivity contribution is 1.56. The Balaban J connectivity index is 2.87. The van der Waals surface area contributed by atoms with Crippen LogP contribution in [0.5, 0.6) is 0 Å². The fourth-order valence-electron chi connectivity index (χ4n) is 0.831. The van der Waals surface area contributed by atoms with Crippen LogP contribution in [0.2, 0.25) is 0 Å². The Morgan fingerprint density at radius 1 is 1.50 bits per heavy atom. The third-order valence-electron chi connectivity index (χ3n) is 1.27. The van der Waals surface area contributed by atoms with Crippen LogP contribution >= 0.6 is 0 Å². The maximum absolute atomic E-state index is 8.34. The van der Waals surface area contributed by atoms with E-state index < -0.39 is 0 Å². The molecule has 1 nitrogen and oxygen atoms in total. The van der Waals surface area contributed by atoms with E-state index in [1.54, 1.807) is 0 Å². The summed E-state index contributed by atoms with van der Waals surface area (Å²) < 4.78 is 0. The van der Waals surface area contributed by atoms with Crippen molar-refractivity contribution in [3.05, 3.63) is 36.8 Å². The van der Waals surface area contributed by atoms with Gasteiger partial charge in [-0.15, -0.1) is 0 Å². The van der Waals surface area contributed by atoms with Crippen molar-refractivity contribution >= 4 is 12.7 Å². The molecule has 0 aliphatic carbocycles. The standard InChI is InChI=1S/C8H7BN/c1-7-3-2-4-8(5-7)9-6-10/h2-5,9H,1H2. The smallest absolute Gasteiger partial charge is 0.213 e. The Morgan fingerprint density at radius 3 is 2.90 bits per heavy atom. The summed E-state index contributed by atoms with van der Waals surface area (Å²) in [5, 5.41) is 8.34. The summed E-state index contributed by atoms with van der Waals surface area (Å²) >= 11 is 0. The van der Waals surface area contributed by atoms with Crippen LogP contribution in [0.1, 0.15) is 5.56 Å². The van der Waals surface area contributed by atoms with Crippen LogP contribution in [-0.4, -0.2) is 7.28 Å². The van der Waals surface area contributed by atoms with E-state index in [2.05, 4.69) is 12.9 Å². The second-order valence-corrected chi connectivity index (χ2v) is 2.15. The minimum absolute atomic E-state index is 0.476. The molecule has 0 saturated heterocycles. The van der Waals surface area contributed by atoms with Crippen LogP contribution in [0.25, 0.3) is 0 Å². The van der Waals surface area contributed by atoms with E-state index in [4.69, 9.17) is 5.26 Å². The maximum Gasteiger partial charge on any atom is 0.282 e. The van der Waals surface area contributed by atoms with E-state index in [0.717, 1.165) is 11.0 Å². The normalized spacial score (nSPS) is 8.40. The second-order valence-electron chi connectivity index (χ2n) is 2.15. The molecule has 47 valence electrons. The molecule has 1 radical (unpaired) electrons. The molecule has 1 aromatic carbocycles. The van der Waals surface area contributed by atoms with Gasteiger partial charge in [0.2, 0.25) is 0 Å². The van der Waals surface area contributed by atoms with Crippen molar-refractivity contribution < 1.29 is 0 Å². The first-order chi connectivity index (χ1) is 4.83. The Morgan fingerprint density at radius 2 is 2.30 bits per heavy atom. The van der Waals surface area contributed by atoms with Gasteiger partial charge in [0, 0.05) is 5.97 Å². The monoisotopic (exact) mass is 128 g/mol. The first-order valence-corrected chi connectivity index (χ1v) is 3.11. The van der Waals surface area contributed by atoms with Crippen LogP contribution in [-0.2, 0) is 0 Å². The first kappa shape index (κ1) is 6.89. The summed E-state index contributed by atoms with van der Waals surface area (Å²) in [6.07, 6.45) is 0. The largest absolute Gasteiger partial charge is 0.282 e. The highest BCUT2D eigenvalue weighted by molar-refractivity contribution is 6.61. The highest BCUT2D eigenvalue weighted by atomic mass is 14.2. The van der Waals surface area contributed by atoms with E-state index in [9.17, 15) is 0 Å². The Hall–Kier alpha value is -1.23. The zero-order chi connectivity index (χ0) is 7.40. The molecule has 0 saturated carbocycles. The topological polar surface area (TPSA) is 23.8 Å². The lowest BCUT2D eigenvalue weighted by Gasteiger charge is -1.92.